The first-order valence-corrected chi connectivity index (χ1v) is 7.92. The summed E-state index contributed by atoms with van der Waals surface area (Å²) in [5, 5.41) is 0. The lowest BCUT2D eigenvalue weighted by Crippen LogP contribution is -2.43. The molecule has 2 aliphatic heterocycles. The predicted octanol–water partition coefficient (Wildman–Crippen LogP) is 2.20. The quantitative estimate of drug-likeness (QED) is 0.787. The van der Waals surface area contributed by atoms with Crippen molar-refractivity contribution in [2.24, 2.45) is 5.92 Å². The lowest BCUT2D eigenvalue weighted by atomic mass is 9.85. The van der Waals surface area contributed by atoms with Crippen molar-refractivity contribution >= 4 is 17.5 Å². The molecule has 2 fully saturated rings. The maximum absolute atomic E-state index is 12.4. The zero-order valence-electron chi connectivity index (χ0n) is 12.2. The minimum Gasteiger partial charge on any atom is -0.361 e. The first-order chi connectivity index (χ1) is 8.24. The smallest absolute Gasteiger partial charge is 0.171 e. The van der Waals surface area contributed by atoms with Crippen molar-refractivity contribution in [3.05, 3.63) is 0 Å². The van der Waals surface area contributed by atoms with Crippen LogP contribution in [-0.2, 0) is 9.53 Å². The van der Waals surface area contributed by atoms with E-state index in [4.69, 9.17) is 4.74 Å². The number of hydrogen-bond acceptors (Lipinski definition) is 4. The Labute approximate surface area is 115 Å². The number of nitrogens with zero attached hydrogens (tertiary/aromatic N) is 1. The maximum Gasteiger partial charge on any atom is 0.171 e. The molecule has 0 bridgehead atoms. The zero-order chi connectivity index (χ0) is 13.6. The van der Waals surface area contributed by atoms with Crippen molar-refractivity contribution in [2.75, 3.05) is 25.1 Å². The van der Waals surface area contributed by atoms with Gasteiger partial charge in [-0.05, 0) is 46.9 Å². The summed E-state index contributed by atoms with van der Waals surface area (Å²) in [6, 6.07) is 0.627. The van der Waals surface area contributed by atoms with E-state index in [9.17, 15) is 4.79 Å². The van der Waals surface area contributed by atoms with E-state index in [1.54, 1.807) is 0 Å². The van der Waals surface area contributed by atoms with Gasteiger partial charge in [-0.3, -0.25) is 4.79 Å². The van der Waals surface area contributed by atoms with Crippen LogP contribution in [-0.4, -0.2) is 53.0 Å². The molecule has 2 atom stereocenters. The molecule has 0 aromatic carbocycles. The molecule has 18 heavy (non-hydrogen) atoms. The van der Waals surface area contributed by atoms with E-state index in [0.29, 0.717) is 6.04 Å². The van der Waals surface area contributed by atoms with E-state index in [0.717, 1.165) is 6.54 Å². The highest BCUT2D eigenvalue weighted by Crippen LogP contribution is 2.39. The van der Waals surface area contributed by atoms with Gasteiger partial charge in [0.2, 0.25) is 0 Å². The topological polar surface area (TPSA) is 29.5 Å². The van der Waals surface area contributed by atoms with E-state index in [-0.39, 0.29) is 17.3 Å². The Morgan fingerprint density at radius 3 is 2.50 bits per heavy atom. The second kappa shape index (κ2) is 4.80. The molecule has 0 radical (unpaired) electrons. The molecule has 2 saturated heterocycles. The van der Waals surface area contributed by atoms with E-state index in [1.165, 1.54) is 17.9 Å². The third kappa shape index (κ3) is 2.61. The third-order valence-corrected chi connectivity index (χ3v) is 5.41. The van der Waals surface area contributed by atoms with E-state index >= 15 is 0 Å². The summed E-state index contributed by atoms with van der Waals surface area (Å²) < 4.78 is 5.94. The molecular weight excluding hydrogens is 246 g/mol. The normalized spacial score (nSPS) is 34.4. The van der Waals surface area contributed by atoms with Gasteiger partial charge in [-0.15, -0.1) is 0 Å². The van der Waals surface area contributed by atoms with Crippen LogP contribution in [0.5, 0.6) is 0 Å². The number of Topliss-reactive ketones (excluding diaryl/α,β-unsaturated/α-hetero) is 1. The Morgan fingerprint density at radius 1 is 1.39 bits per heavy atom. The van der Waals surface area contributed by atoms with Crippen molar-refractivity contribution in [3.63, 3.8) is 0 Å². The fourth-order valence-electron chi connectivity index (χ4n) is 3.12. The summed E-state index contributed by atoms with van der Waals surface area (Å²) in [6.45, 7) is 8.69. The summed E-state index contributed by atoms with van der Waals surface area (Å²) in [5.74, 6) is 2.69. The molecule has 2 rings (SSSR count). The highest BCUT2D eigenvalue weighted by atomic mass is 32.2. The largest absolute Gasteiger partial charge is 0.361 e. The van der Waals surface area contributed by atoms with Gasteiger partial charge in [0.25, 0.3) is 0 Å². The molecule has 3 nitrogen and oxygen atoms in total. The molecule has 0 aliphatic carbocycles. The van der Waals surface area contributed by atoms with Crippen molar-refractivity contribution in [1.29, 1.82) is 0 Å². The van der Waals surface area contributed by atoms with Gasteiger partial charge >= 0.3 is 0 Å². The SMILES string of the molecule is CN(CC1C(=O)C(C)(C)OC1(C)C)C1CCSC1. The van der Waals surface area contributed by atoms with Gasteiger partial charge in [0, 0.05) is 18.3 Å². The van der Waals surface area contributed by atoms with Gasteiger partial charge in [0.05, 0.1) is 11.5 Å². The lowest BCUT2D eigenvalue weighted by molar-refractivity contribution is -0.132. The first kappa shape index (κ1) is 14.4. The molecule has 4 heteroatoms. The molecule has 104 valence electrons. The number of carbonyl (C=O) groups excluding carboxylic acids is 1. The second-order valence-corrected chi connectivity index (χ2v) is 7.74. The molecule has 0 aromatic heterocycles. The molecule has 0 amide bonds. The molecule has 0 aromatic rings. The van der Waals surface area contributed by atoms with Gasteiger partial charge in [-0.1, -0.05) is 0 Å². The Hall–Kier alpha value is -0.0600. The van der Waals surface area contributed by atoms with Crippen LogP contribution in [0.2, 0.25) is 0 Å². The number of ether oxygens (including phenoxy) is 1. The van der Waals surface area contributed by atoms with Crippen LogP contribution >= 0.6 is 11.8 Å². The summed E-state index contributed by atoms with van der Waals surface area (Å²) in [5.41, 5.74) is -0.972. The number of thioether (sulfide) groups is 1. The summed E-state index contributed by atoms with van der Waals surface area (Å²) in [4.78, 5) is 14.8. The minimum absolute atomic E-state index is 0.0110. The molecule has 0 spiro atoms. The molecule has 2 unspecified atom stereocenters. The van der Waals surface area contributed by atoms with Crippen molar-refractivity contribution < 1.29 is 9.53 Å². The predicted molar refractivity (Wildman–Crippen MR) is 76.1 cm³/mol. The number of rotatable bonds is 3. The monoisotopic (exact) mass is 271 g/mol. The van der Waals surface area contributed by atoms with Gasteiger partial charge in [0.1, 0.15) is 5.60 Å². The van der Waals surface area contributed by atoms with Crippen molar-refractivity contribution in [3.8, 4) is 0 Å². The van der Waals surface area contributed by atoms with E-state index in [1.807, 2.05) is 39.5 Å². The summed E-state index contributed by atoms with van der Waals surface area (Å²) in [7, 11) is 2.14. The Morgan fingerprint density at radius 2 is 2.06 bits per heavy atom. The van der Waals surface area contributed by atoms with Crippen molar-refractivity contribution in [1.82, 2.24) is 4.90 Å². The highest BCUT2D eigenvalue weighted by molar-refractivity contribution is 7.99. The van der Waals surface area contributed by atoms with E-state index < -0.39 is 5.60 Å². The Bertz CT molecular complexity index is 335. The summed E-state index contributed by atoms with van der Waals surface area (Å²) >= 11 is 2.01. The molecule has 0 N–H and O–H groups in total. The van der Waals surface area contributed by atoms with Crippen LogP contribution in [0.3, 0.4) is 0 Å². The fraction of sp³-hybridized carbons (Fsp3) is 0.929. The maximum atomic E-state index is 12.4. The average molecular weight is 271 g/mol. The number of carbonyl (C=O) groups is 1. The van der Waals surface area contributed by atoms with Crippen molar-refractivity contribution in [2.45, 2.75) is 51.4 Å². The highest BCUT2D eigenvalue weighted by Gasteiger charge is 2.53. The Kier molecular flexibility index (Phi) is 3.83. The number of hydrogen-bond donors (Lipinski definition) is 0. The first-order valence-electron chi connectivity index (χ1n) is 6.76. The minimum atomic E-state index is -0.626. The summed E-state index contributed by atoms with van der Waals surface area (Å²) in [6.07, 6.45) is 1.24. The molecule has 0 saturated carbocycles. The van der Waals surface area contributed by atoms with Gasteiger partial charge in [0.15, 0.2) is 5.78 Å². The molecule has 2 aliphatic rings. The third-order valence-electron chi connectivity index (χ3n) is 4.27. The van der Waals surface area contributed by atoms with Gasteiger partial charge < -0.3 is 9.64 Å². The van der Waals surface area contributed by atoms with Crippen LogP contribution < -0.4 is 0 Å². The molecular formula is C14H25NO2S. The Balaban J connectivity index is 2.05. The second-order valence-electron chi connectivity index (χ2n) is 6.59. The fourth-order valence-corrected chi connectivity index (χ4v) is 4.42. The van der Waals surface area contributed by atoms with Crippen LogP contribution in [0.4, 0.5) is 0 Å². The molecule has 2 heterocycles. The van der Waals surface area contributed by atoms with Crippen LogP contribution in [0.1, 0.15) is 34.1 Å². The zero-order valence-corrected chi connectivity index (χ0v) is 13.0. The van der Waals surface area contributed by atoms with Gasteiger partial charge in [-0.25, -0.2) is 0 Å². The standard InChI is InChI=1S/C14H25NO2S/c1-13(2)11(12(16)14(3,4)17-13)8-15(5)10-6-7-18-9-10/h10-11H,6-9H2,1-5H3. The number of ketones is 1. The van der Waals surface area contributed by atoms with Gasteiger partial charge in [-0.2, -0.15) is 11.8 Å². The van der Waals surface area contributed by atoms with Crippen LogP contribution in [0.15, 0.2) is 0 Å². The van der Waals surface area contributed by atoms with E-state index in [2.05, 4.69) is 11.9 Å². The average Bonchev–Trinajstić information content (AvgIpc) is 2.79. The van der Waals surface area contributed by atoms with Crippen LogP contribution in [0, 0.1) is 5.92 Å². The lowest BCUT2D eigenvalue weighted by Gasteiger charge is -2.31. The van der Waals surface area contributed by atoms with Crippen LogP contribution in [0.25, 0.3) is 0 Å².